The number of carbonyl (C=O) groups excluding carboxylic acids is 2. The molecule has 0 radical (unpaired) electrons. The third kappa shape index (κ3) is 5.64. The first-order chi connectivity index (χ1) is 16.4. The van der Waals surface area contributed by atoms with Gasteiger partial charge in [0.15, 0.2) is 17.3 Å². The lowest BCUT2D eigenvalue weighted by molar-refractivity contribution is -0.131. The fourth-order valence-corrected chi connectivity index (χ4v) is 3.25. The molecule has 2 aromatic carbocycles. The summed E-state index contributed by atoms with van der Waals surface area (Å²) < 4.78 is 31.7. The Bertz CT molecular complexity index is 1160. The van der Waals surface area contributed by atoms with Gasteiger partial charge in [0, 0.05) is 13.2 Å². The zero-order valence-electron chi connectivity index (χ0n) is 18.9. The highest BCUT2D eigenvalue weighted by atomic mass is 19.1. The molecule has 9 nitrogen and oxygen atoms in total. The van der Waals surface area contributed by atoms with Crippen LogP contribution in [-0.4, -0.2) is 59.4 Å². The van der Waals surface area contributed by atoms with Crippen LogP contribution in [0.5, 0.6) is 17.2 Å². The molecular weight excluding hydrogens is 443 g/mol. The molecule has 10 heteroatoms. The van der Waals surface area contributed by atoms with Gasteiger partial charge in [0.2, 0.25) is 12.0 Å². The lowest BCUT2D eigenvalue weighted by atomic mass is 10.2. The molecule has 3 aromatic rings. The number of amides is 2. The highest BCUT2D eigenvalue weighted by Gasteiger charge is 2.29. The number of rotatable bonds is 8. The smallest absolute Gasteiger partial charge is 0.269 e. The maximum absolute atomic E-state index is 13.7. The van der Waals surface area contributed by atoms with Crippen LogP contribution < -0.4 is 19.5 Å². The second-order valence-corrected chi connectivity index (χ2v) is 7.88. The molecule has 0 saturated carbocycles. The highest BCUT2D eigenvalue weighted by Crippen LogP contribution is 2.34. The molecule has 34 heavy (non-hydrogen) atoms. The van der Waals surface area contributed by atoms with E-state index in [1.807, 2.05) is 31.2 Å². The molecular formula is C24H25FN4O5. The van der Waals surface area contributed by atoms with E-state index in [1.165, 1.54) is 29.1 Å². The van der Waals surface area contributed by atoms with Crippen molar-refractivity contribution < 1.29 is 28.2 Å². The number of aromatic nitrogens is 2. The van der Waals surface area contributed by atoms with E-state index in [4.69, 9.17) is 14.2 Å². The van der Waals surface area contributed by atoms with E-state index in [0.717, 1.165) is 11.3 Å². The van der Waals surface area contributed by atoms with E-state index in [2.05, 4.69) is 10.4 Å². The Labute approximate surface area is 196 Å². The van der Waals surface area contributed by atoms with Crippen molar-refractivity contribution in [2.45, 2.75) is 19.6 Å². The predicted molar refractivity (Wildman–Crippen MR) is 121 cm³/mol. The Morgan fingerprint density at radius 1 is 1.26 bits per heavy atom. The normalized spacial score (nSPS) is 14.4. The van der Waals surface area contributed by atoms with Gasteiger partial charge in [-0.05, 0) is 31.2 Å². The monoisotopic (exact) mass is 468 g/mol. The topological polar surface area (TPSA) is 94.9 Å². The van der Waals surface area contributed by atoms with Crippen LogP contribution >= 0.6 is 0 Å². The quantitative estimate of drug-likeness (QED) is 0.546. The lowest BCUT2D eigenvalue weighted by Gasteiger charge is -2.25. The molecule has 1 unspecified atom stereocenters. The number of likely N-dealkylation sites (N-methyl/N-ethyl adjacent to an activating group) is 1. The van der Waals surface area contributed by atoms with Crippen molar-refractivity contribution in [3.63, 3.8) is 0 Å². The van der Waals surface area contributed by atoms with Crippen LogP contribution in [0, 0.1) is 12.7 Å². The Balaban J connectivity index is 1.24. The number of benzene rings is 2. The molecule has 1 aliphatic rings. The highest BCUT2D eigenvalue weighted by molar-refractivity contribution is 5.94. The summed E-state index contributed by atoms with van der Waals surface area (Å²) in [4.78, 5) is 26.6. The molecule has 4 rings (SSSR count). The molecule has 2 amide bonds. The van der Waals surface area contributed by atoms with Crippen molar-refractivity contribution in [2.24, 2.45) is 0 Å². The number of para-hydroxylation sites is 1. The predicted octanol–water partition coefficient (Wildman–Crippen LogP) is 2.65. The van der Waals surface area contributed by atoms with E-state index in [0.29, 0.717) is 18.8 Å². The van der Waals surface area contributed by atoms with E-state index in [9.17, 15) is 14.0 Å². The van der Waals surface area contributed by atoms with Crippen LogP contribution in [0.1, 0.15) is 5.56 Å². The largest absolute Gasteiger partial charge is 0.492 e. The SMILES string of the molecule is Cc1ccc(OCCN(C)C(=O)Cn2cc(NC(=O)C3COc4c(F)cccc4O3)cn2)cc1. The van der Waals surface area contributed by atoms with Crippen molar-refractivity contribution in [3.8, 4) is 17.2 Å². The number of hydrogen-bond donors (Lipinski definition) is 1. The number of nitrogens with one attached hydrogen (secondary N) is 1. The summed E-state index contributed by atoms with van der Waals surface area (Å²) >= 11 is 0. The molecule has 0 bridgehead atoms. The van der Waals surface area contributed by atoms with E-state index in [1.54, 1.807) is 18.1 Å². The summed E-state index contributed by atoms with van der Waals surface area (Å²) in [5.74, 6) is -0.260. The van der Waals surface area contributed by atoms with Gasteiger partial charge in [0.05, 0.1) is 18.4 Å². The molecule has 2 heterocycles. The Hall–Kier alpha value is -4.08. The van der Waals surface area contributed by atoms with Gasteiger partial charge < -0.3 is 24.4 Å². The first kappa shape index (κ1) is 23.1. The molecule has 1 atom stereocenters. The second-order valence-electron chi connectivity index (χ2n) is 7.88. The van der Waals surface area contributed by atoms with Gasteiger partial charge in [-0.25, -0.2) is 4.39 Å². The number of ether oxygens (including phenoxy) is 3. The van der Waals surface area contributed by atoms with Gasteiger partial charge in [0.25, 0.3) is 5.91 Å². The molecule has 0 spiro atoms. The number of nitrogens with zero attached hydrogens (tertiary/aromatic N) is 3. The van der Waals surface area contributed by atoms with Crippen molar-refractivity contribution in [3.05, 3.63) is 66.2 Å². The summed E-state index contributed by atoms with van der Waals surface area (Å²) in [6.45, 7) is 2.66. The van der Waals surface area contributed by atoms with Crippen molar-refractivity contribution in [2.75, 3.05) is 32.1 Å². The molecule has 178 valence electrons. The Morgan fingerprint density at radius 3 is 2.85 bits per heavy atom. The van der Waals surface area contributed by atoms with Crippen LogP contribution in [0.25, 0.3) is 0 Å². The second kappa shape index (κ2) is 10.2. The fraction of sp³-hybridized carbons (Fsp3) is 0.292. The van der Waals surface area contributed by atoms with E-state index < -0.39 is 17.8 Å². The number of aryl methyl sites for hydroxylation is 1. The zero-order valence-corrected chi connectivity index (χ0v) is 18.9. The van der Waals surface area contributed by atoms with Gasteiger partial charge in [0.1, 0.15) is 25.5 Å². The van der Waals surface area contributed by atoms with Crippen LogP contribution in [-0.2, 0) is 16.1 Å². The standard InChI is InChI=1S/C24H25FN4O5/c1-16-6-8-18(9-7-16)32-11-10-28(2)22(30)14-29-13-17(12-26-29)27-24(31)21-15-33-23-19(25)4-3-5-20(23)34-21/h3-9,12-13,21H,10-11,14-15H2,1-2H3,(H,27,31). The third-order valence-electron chi connectivity index (χ3n) is 5.21. The third-order valence-corrected chi connectivity index (χ3v) is 5.21. The zero-order chi connectivity index (χ0) is 24.1. The number of fused-ring (bicyclic) bond motifs is 1. The van der Waals surface area contributed by atoms with Gasteiger partial charge in [-0.3, -0.25) is 14.3 Å². The number of hydrogen-bond acceptors (Lipinski definition) is 6. The molecule has 1 aromatic heterocycles. The molecule has 0 fully saturated rings. The van der Waals surface area contributed by atoms with Crippen LogP contribution in [0.15, 0.2) is 54.9 Å². The van der Waals surface area contributed by atoms with E-state index >= 15 is 0 Å². The summed E-state index contributed by atoms with van der Waals surface area (Å²) in [6.07, 6.45) is 2.03. The first-order valence-corrected chi connectivity index (χ1v) is 10.7. The minimum absolute atomic E-state index is 0.00654. The number of carbonyl (C=O) groups is 2. The Kier molecular flexibility index (Phi) is 6.95. The van der Waals surface area contributed by atoms with E-state index in [-0.39, 0.29) is 30.6 Å². The molecule has 1 N–H and O–H groups in total. The van der Waals surface area contributed by atoms with Crippen molar-refractivity contribution >= 4 is 17.5 Å². The van der Waals surface area contributed by atoms with Gasteiger partial charge in [-0.15, -0.1) is 0 Å². The van der Waals surface area contributed by atoms with Gasteiger partial charge in [-0.2, -0.15) is 5.10 Å². The average Bonchev–Trinajstić information content (AvgIpc) is 3.26. The average molecular weight is 468 g/mol. The summed E-state index contributed by atoms with van der Waals surface area (Å²) in [7, 11) is 1.69. The van der Waals surface area contributed by atoms with Crippen LogP contribution in [0.4, 0.5) is 10.1 Å². The maximum atomic E-state index is 13.7. The number of halogens is 1. The first-order valence-electron chi connectivity index (χ1n) is 10.7. The number of anilines is 1. The molecule has 1 aliphatic heterocycles. The lowest BCUT2D eigenvalue weighted by Crippen LogP contribution is -2.40. The van der Waals surface area contributed by atoms with Gasteiger partial charge in [-0.1, -0.05) is 23.8 Å². The molecule has 0 aliphatic carbocycles. The fourth-order valence-electron chi connectivity index (χ4n) is 3.25. The Morgan fingerprint density at radius 2 is 2.06 bits per heavy atom. The van der Waals surface area contributed by atoms with Crippen LogP contribution in [0.3, 0.4) is 0 Å². The summed E-state index contributed by atoms with van der Waals surface area (Å²) in [6, 6.07) is 12.0. The van der Waals surface area contributed by atoms with Crippen molar-refractivity contribution in [1.29, 1.82) is 0 Å². The summed E-state index contributed by atoms with van der Waals surface area (Å²) in [5.41, 5.74) is 1.55. The summed E-state index contributed by atoms with van der Waals surface area (Å²) in [5, 5.41) is 6.79. The minimum Gasteiger partial charge on any atom is -0.492 e. The minimum atomic E-state index is -0.945. The van der Waals surface area contributed by atoms with Crippen molar-refractivity contribution in [1.82, 2.24) is 14.7 Å². The van der Waals surface area contributed by atoms with Crippen LogP contribution in [0.2, 0.25) is 0 Å². The molecule has 0 saturated heterocycles. The maximum Gasteiger partial charge on any atom is 0.269 e. The van der Waals surface area contributed by atoms with Gasteiger partial charge >= 0.3 is 0 Å².